The van der Waals surface area contributed by atoms with Gasteiger partial charge in [0.2, 0.25) is 0 Å². The molecular formula is C24H22N2O2. The number of fused-ring (bicyclic) bond motifs is 1. The number of nitrogens with zero attached hydrogens (tertiary/aromatic N) is 2. The van der Waals surface area contributed by atoms with Crippen LogP contribution < -0.4 is 4.90 Å². The van der Waals surface area contributed by atoms with E-state index in [4.69, 9.17) is 4.42 Å². The summed E-state index contributed by atoms with van der Waals surface area (Å²) in [7, 11) is 0. The van der Waals surface area contributed by atoms with Gasteiger partial charge >= 0.3 is 0 Å². The fourth-order valence-corrected chi connectivity index (χ4v) is 3.53. The van der Waals surface area contributed by atoms with Crippen LogP contribution in [0.1, 0.15) is 32.8 Å². The Morgan fingerprint density at radius 1 is 1.00 bits per heavy atom. The zero-order chi connectivity index (χ0) is 19.7. The molecular weight excluding hydrogens is 348 g/mol. The summed E-state index contributed by atoms with van der Waals surface area (Å²) in [6.45, 7) is 6.42. The Morgan fingerprint density at radius 3 is 2.46 bits per heavy atom. The van der Waals surface area contributed by atoms with E-state index in [1.54, 1.807) is 11.1 Å². The molecule has 0 aliphatic heterocycles. The van der Waals surface area contributed by atoms with Gasteiger partial charge in [-0.2, -0.15) is 0 Å². The van der Waals surface area contributed by atoms with E-state index in [0.29, 0.717) is 18.1 Å². The third-order valence-corrected chi connectivity index (χ3v) is 4.92. The van der Waals surface area contributed by atoms with E-state index in [0.717, 1.165) is 33.2 Å². The molecule has 4 heteroatoms. The highest BCUT2D eigenvalue weighted by Crippen LogP contribution is 2.31. The molecule has 4 nitrogen and oxygen atoms in total. The Bertz CT molecular complexity index is 1130. The second-order valence-electron chi connectivity index (χ2n) is 7.08. The lowest BCUT2D eigenvalue weighted by atomic mass is 10.1. The van der Waals surface area contributed by atoms with Crippen molar-refractivity contribution in [2.45, 2.75) is 27.3 Å². The quantitative estimate of drug-likeness (QED) is 0.470. The van der Waals surface area contributed by atoms with Crippen molar-refractivity contribution in [3.63, 3.8) is 0 Å². The zero-order valence-electron chi connectivity index (χ0n) is 16.3. The van der Waals surface area contributed by atoms with E-state index < -0.39 is 0 Å². The van der Waals surface area contributed by atoms with E-state index in [1.165, 1.54) is 0 Å². The SMILES string of the molecule is Cc1cc(C)c2oc(C(=O)N(Cc3ccccc3)c3ccccn3)c(C)c2c1. The molecule has 4 aromatic rings. The molecule has 2 aromatic heterocycles. The molecule has 0 spiro atoms. The normalized spacial score (nSPS) is 11.0. The van der Waals surface area contributed by atoms with Gasteiger partial charge in [0.1, 0.15) is 11.4 Å². The molecule has 4 rings (SSSR count). The number of furan rings is 1. The van der Waals surface area contributed by atoms with E-state index in [9.17, 15) is 4.79 Å². The van der Waals surface area contributed by atoms with Crippen LogP contribution >= 0.6 is 0 Å². The Hall–Kier alpha value is -3.40. The standard InChI is InChI=1S/C24H22N2O2/c1-16-13-17(2)22-20(14-16)18(3)23(28-22)24(27)26(21-11-7-8-12-25-21)15-19-9-5-4-6-10-19/h4-14H,15H2,1-3H3. The summed E-state index contributed by atoms with van der Waals surface area (Å²) in [4.78, 5) is 19.6. The monoisotopic (exact) mass is 370 g/mol. The maximum Gasteiger partial charge on any atom is 0.295 e. The lowest BCUT2D eigenvalue weighted by molar-refractivity contribution is 0.0959. The van der Waals surface area contributed by atoms with Crippen molar-refractivity contribution in [3.05, 3.63) is 94.9 Å². The van der Waals surface area contributed by atoms with Gasteiger partial charge in [-0.05, 0) is 55.7 Å². The second-order valence-corrected chi connectivity index (χ2v) is 7.08. The highest BCUT2D eigenvalue weighted by Gasteiger charge is 2.26. The Kier molecular flexibility index (Phi) is 4.70. The summed E-state index contributed by atoms with van der Waals surface area (Å²) >= 11 is 0. The lowest BCUT2D eigenvalue weighted by Crippen LogP contribution is -2.31. The number of aryl methyl sites for hydroxylation is 3. The van der Waals surface area contributed by atoms with Crippen molar-refractivity contribution >= 4 is 22.7 Å². The first-order chi connectivity index (χ1) is 13.5. The van der Waals surface area contributed by atoms with Gasteiger partial charge in [0, 0.05) is 17.1 Å². The van der Waals surface area contributed by atoms with Gasteiger partial charge in [-0.1, -0.05) is 42.5 Å². The lowest BCUT2D eigenvalue weighted by Gasteiger charge is -2.21. The van der Waals surface area contributed by atoms with Gasteiger partial charge in [-0.3, -0.25) is 9.69 Å². The van der Waals surface area contributed by atoms with Crippen molar-refractivity contribution in [2.75, 3.05) is 4.90 Å². The van der Waals surface area contributed by atoms with E-state index in [1.807, 2.05) is 62.4 Å². The third kappa shape index (κ3) is 3.29. The van der Waals surface area contributed by atoms with Gasteiger partial charge in [-0.15, -0.1) is 0 Å². The Morgan fingerprint density at radius 2 is 1.75 bits per heavy atom. The molecule has 28 heavy (non-hydrogen) atoms. The number of anilines is 1. The molecule has 0 bridgehead atoms. The van der Waals surface area contributed by atoms with Gasteiger partial charge in [0.15, 0.2) is 5.76 Å². The largest absolute Gasteiger partial charge is 0.450 e. The minimum absolute atomic E-state index is 0.187. The first kappa shape index (κ1) is 18.0. The van der Waals surface area contributed by atoms with Crippen LogP contribution in [-0.2, 0) is 6.54 Å². The minimum Gasteiger partial charge on any atom is -0.450 e. The molecule has 0 fully saturated rings. The number of aromatic nitrogens is 1. The topological polar surface area (TPSA) is 46.3 Å². The average Bonchev–Trinajstić information content (AvgIpc) is 3.04. The fourth-order valence-electron chi connectivity index (χ4n) is 3.53. The molecule has 2 aromatic carbocycles. The number of rotatable bonds is 4. The van der Waals surface area contributed by atoms with Gasteiger partial charge in [0.25, 0.3) is 5.91 Å². The smallest absolute Gasteiger partial charge is 0.295 e. The molecule has 0 atom stereocenters. The Labute approximate surface area is 164 Å². The van der Waals surface area contributed by atoms with Crippen LogP contribution in [0.15, 0.2) is 71.3 Å². The summed E-state index contributed by atoms with van der Waals surface area (Å²) in [6, 6.07) is 19.6. The summed E-state index contributed by atoms with van der Waals surface area (Å²) in [6.07, 6.45) is 1.69. The number of amides is 1. The average molecular weight is 370 g/mol. The number of carbonyl (C=O) groups is 1. The van der Waals surface area contributed by atoms with Crippen LogP contribution in [0.2, 0.25) is 0 Å². The van der Waals surface area contributed by atoms with E-state index in [-0.39, 0.29) is 5.91 Å². The van der Waals surface area contributed by atoms with E-state index in [2.05, 4.69) is 24.0 Å². The van der Waals surface area contributed by atoms with Gasteiger partial charge in [-0.25, -0.2) is 4.98 Å². The molecule has 0 aliphatic carbocycles. The van der Waals surface area contributed by atoms with E-state index >= 15 is 0 Å². The van der Waals surface area contributed by atoms with Crippen molar-refractivity contribution in [1.29, 1.82) is 0 Å². The number of carbonyl (C=O) groups excluding carboxylic acids is 1. The number of hydrogen-bond donors (Lipinski definition) is 0. The predicted molar refractivity (Wildman–Crippen MR) is 112 cm³/mol. The van der Waals surface area contributed by atoms with Crippen LogP contribution in [0.3, 0.4) is 0 Å². The molecule has 0 N–H and O–H groups in total. The summed E-state index contributed by atoms with van der Waals surface area (Å²) < 4.78 is 6.07. The van der Waals surface area contributed by atoms with Crippen LogP contribution in [0.4, 0.5) is 5.82 Å². The highest BCUT2D eigenvalue weighted by molar-refractivity contribution is 6.07. The number of pyridine rings is 1. The summed E-state index contributed by atoms with van der Waals surface area (Å²) in [5, 5.41) is 0.988. The zero-order valence-corrected chi connectivity index (χ0v) is 16.3. The van der Waals surface area contributed by atoms with Crippen LogP contribution in [0, 0.1) is 20.8 Å². The van der Waals surface area contributed by atoms with Gasteiger partial charge < -0.3 is 4.42 Å². The number of hydrogen-bond acceptors (Lipinski definition) is 3. The molecule has 1 amide bonds. The Balaban J connectivity index is 1.80. The molecule has 2 heterocycles. The second kappa shape index (κ2) is 7.31. The van der Waals surface area contributed by atoms with Crippen molar-refractivity contribution in [2.24, 2.45) is 0 Å². The molecule has 0 radical (unpaired) electrons. The fraction of sp³-hybridized carbons (Fsp3) is 0.167. The maximum absolute atomic E-state index is 13.5. The van der Waals surface area contributed by atoms with Crippen molar-refractivity contribution < 1.29 is 9.21 Å². The molecule has 0 aliphatic rings. The molecule has 140 valence electrons. The first-order valence-corrected chi connectivity index (χ1v) is 9.32. The summed E-state index contributed by atoms with van der Waals surface area (Å²) in [5.41, 5.74) is 4.85. The molecule has 0 saturated carbocycles. The first-order valence-electron chi connectivity index (χ1n) is 9.32. The molecule has 0 unspecified atom stereocenters. The summed E-state index contributed by atoms with van der Waals surface area (Å²) in [5.74, 6) is 0.780. The minimum atomic E-state index is -0.187. The van der Waals surface area contributed by atoms with Crippen LogP contribution in [0.5, 0.6) is 0 Å². The third-order valence-electron chi connectivity index (χ3n) is 4.92. The van der Waals surface area contributed by atoms with Gasteiger partial charge in [0.05, 0.1) is 6.54 Å². The maximum atomic E-state index is 13.5. The highest BCUT2D eigenvalue weighted by atomic mass is 16.3. The molecule has 0 saturated heterocycles. The van der Waals surface area contributed by atoms with Crippen molar-refractivity contribution in [3.8, 4) is 0 Å². The van der Waals surface area contributed by atoms with Crippen LogP contribution in [-0.4, -0.2) is 10.9 Å². The predicted octanol–water partition coefficient (Wildman–Crippen LogP) is 5.60. The van der Waals surface area contributed by atoms with Crippen molar-refractivity contribution in [1.82, 2.24) is 4.98 Å². The number of benzene rings is 2. The van der Waals surface area contributed by atoms with Crippen LogP contribution in [0.25, 0.3) is 11.0 Å².